The Balaban J connectivity index is 1.88. The topological polar surface area (TPSA) is 286 Å². The summed E-state index contributed by atoms with van der Waals surface area (Å²) in [5.41, 5.74) is 0. The molecule has 0 aromatic heterocycles. The average molecular weight is 587 g/mol. The van der Waals surface area contributed by atoms with Gasteiger partial charge in [-0.1, -0.05) is 0 Å². The van der Waals surface area contributed by atoms with Gasteiger partial charge in [0, 0.05) is 13.8 Å². The van der Waals surface area contributed by atoms with Crippen molar-refractivity contribution in [2.75, 3.05) is 19.8 Å². The molecule has 3 aliphatic heterocycles. The molecule has 3 rings (SSSR count). The van der Waals surface area contributed by atoms with Crippen molar-refractivity contribution in [1.29, 1.82) is 0 Å². The van der Waals surface area contributed by atoms with Crippen molar-refractivity contribution < 1.29 is 79.2 Å². The Kier molecular flexibility index (Phi) is 11.5. The van der Waals surface area contributed by atoms with E-state index in [0.29, 0.717) is 0 Å². The second-order valence-corrected chi connectivity index (χ2v) is 9.81. The highest BCUT2D eigenvalue weighted by atomic mass is 16.7. The first-order chi connectivity index (χ1) is 18.8. The Hall–Kier alpha value is -1.62. The third-order valence-electron chi connectivity index (χ3n) is 6.90. The molecule has 0 spiro atoms. The van der Waals surface area contributed by atoms with Gasteiger partial charge in [-0.3, -0.25) is 9.59 Å². The number of ether oxygens (including phenoxy) is 5. The Bertz CT molecular complexity index is 854. The Morgan fingerprint density at radius 1 is 0.600 bits per heavy atom. The van der Waals surface area contributed by atoms with Gasteiger partial charge in [0.05, 0.1) is 19.8 Å². The van der Waals surface area contributed by atoms with Crippen LogP contribution < -0.4 is 10.6 Å². The van der Waals surface area contributed by atoms with Crippen molar-refractivity contribution in [3.8, 4) is 0 Å². The van der Waals surface area contributed by atoms with E-state index in [4.69, 9.17) is 23.7 Å². The molecule has 40 heavy (non-hydrogen) atoms. The van der Waals surface area contributed by atoms with Crippen LogP contribution in [-0.2, 0) is 33.3 Å². The number of carbonyl (C=O) groups is 2. The van der Waals surface area contributed by atoms with Crippen LogP contribution in [0, 0.1) is 0 Å². The maximum absolute atomic E-state index is 11.7. The smallest absolute Gasteiger partial charge is 0.217 e. The van der Waals surface area contributed by atoms with E-state index in [0.717, 1.165) is 13.8 Å². The molecule has 18 nitrogen and oxygen atoms in total. The largest absolute Gasteiger partial charge is 0.394 e. The Morgan fingerprint density at radius 2 is 1.05 bits per heavy atom. The predicted octanol–water partition coefficient (Wildman–Crippen LogP) is -7.29. The van der Waals surface area contributed by atoms with E-state index in [1.807, 2.05) is 0 Å². The molecule has 3 heterocycles. The molecule has 18 heteroatoms. The molecule has 3 fully saturated rings. The molecule has 0 aliphatic carbocycles. The fourth-order valence-electron chi connectivity index (χ4n) is 4.86. The second-order valence-electron chi connectivity index (χ2n) is 9.81. The molecule has 0 aromatic carbocycles. The van der Waals surface area contributed by atoms with Crippen LogP contribution in [0.15, 0.2) is 0 Å². The van der Waals surface area contributed by atoms with Gasteiger partial charge in [-0.25, -0.2) is 0 Å². The lowest BCUT2D eigenvalue weighted by molar-refractivity contribution is -0.365. The monoisotopic (exact) mass is 586 g/mol. The minimum atomic E-state index is -1.94. The van der Waals surface area contributed by atoms with E-state index in [-0.39, 0.29) is 0 Å². The summed E-state index contributed by atoms with van der Waals surface area (Å²) in [4.78, 5) is 23.4. The van der Waals surface area contributed by atoms with Gasteiger partial charge in [-0.2, -0.15) is 0 Å². The van der Waals surface area contributed by atoms with Crippen molar-refractivity contribution in [3.63, 3.8) is 0 Å². The lowest BCUT2D eigenvalue weighted by Crippen LogP contribution is -2.69. The van der Waals surface area contributed by atoms with Crippen molar-refractivity contribution >= 4 is 11.8 Å². The molecule has 0 bridgehead atoms. The maximum Gasteiger partial charge on any atom is 0.217 e. The van der Waals surface area contributed by atoms with Crippen molar-refractivity contribution in [2.24, 2.45) is 0 Å². The first-order valence-corrected chi connectivity index (χ1v) is 12.6. The molecule has 2 amide bonds. The summed E-state index contributed by atoms with van der Waals surface area (Å²) in [7, 11) is 0. The number of nitrogens with one attached hydrogen (secondary N) is 2. The van der Waals surface area contributed by atoms with E-state index in [1.54, 1.807) is 0 Å². The molecule has 3 aliphatic rings. The quantitative estimate of drug-likeness (QED) is 0.120. The number of amides is 2. The Morgan fingerprint density at radius 3 is 1.60 bits per heavy atom. The molecular formula is C22H38N2O16. The highest BCUT2D eigenvalue weighted by Crippen LogP contribution is 2.32. The van der Waals surface area contributed by atoms with Crippen molar-refractivity contribution in [2.45, 2.75) is 106 Å². The molecule has 0 aromatic rings. The van der Waals surface area contributed by atoms with Crippen LogP contribution in [0.3, 0.4) is 0 Å². The van der Waals surface area contributed by atoms with Gasteiger partial charge in [0.25, 0.3) is 0 Å². The van der Waals surface area contributed by atoms with Crippen molar-refractivity contribution in [3.05, 3.63) is 0 Å². The predicted molar refractivity (Wildman–Crippen MR) is 124 cm³/mol. The summed E-state index contributed by atoms with van der Waals surface area (Å²) in [5.74, 6) is -1.31. The van der Waals surface area contributed by atoms with E-state index in [1.165, 1.54) is 0 Å². The first kappa shape index (κ1) is 32.9. The van der Waals surface area contributed by atoms with Gasteiger partial charge in [-0.05, 0) is 0 Å². The van der Waals surface area contributed by atoms with Crippen LogP contribution in [0.5, 0.6) is 0 Å². The number of rotatable bonds is 9. The van der Waals surface area contributed by atoms with E-state index in [9.17, 15) is 55.5 Å². The lowest BCUT2D eigenvalue weighted by atomic mass is 9.94. The summed E-state index contributed by atoms with van der Waals surface area (Å²) in [6, 6.07) is -2.86. The normalized spacial score (nSPS) is 46.0. The van der Waals surface area contributed by atoms with Crippen LogP contribution in [0.4, 0.5) is 0 Å². The van der Waals surface area contributed by atoms with E-state index >= 15 is 0 Å². The van der Waals surface area contributed by atoms with Crippen LogP contribution in [0.1, 0.15) is 13.8 Å². The van der Waals surface area contributed by atoms with Gasteiger partial charge in [0.15, 0.2) is 18.9 Å². The van der Waals surface area contributed by atoms with Gasteiger partial charge < -0.3 is 80.3 Å². The van der Waals surface area contributed by atoms with Gasteiger partial charge in [-0.15, -0.1) is 0 Å². The standard InChI is InChI=1S/C22H38N2O16/c1-6(28)23-11-16(33)13(30)8(3-25)37-21(11)40-19-15(32)10(5-27)38-22(17(19)34)39-18-12(24-7(2)29)20(35)36-9(4-26)14(18)31/h8-22,25-27,30-35H,3-5H2,1-2H3,(H,23,28)(H,24,29)/t8-,9-,10-,11-,12-,13-,14-,15+,16-,17-,18-,19+,20+,21+,22+/m1/s1. The van der Waals surface area contributed by atoms with Crippen LogP contribution in [0.25, 0.3) is 0 Å². The zero-order valence-corrected chi connectivity index (χ0v) is 21.7. The van der Waals surface area contributed by atoms with Gasteiger partial charge >= 0.3 is 0 Å². The third-order valence-corrected chi connectivity index (χ3v) is 6.90. The summed E-state index contributed by atoms with van der Waals surface area (Å²) in [6.07, 6.45) is -21.5. The molecule has 11 N–H and O–H groups in total. The molecule has 0 radical (unpaired) electrons. The van der Waals surface area contributed by atoms with Crippen LogP contribution in [0.2, 0.25) is 0 Å². The molecule has 0 unspecified atom stereocenters. The molecule has 0 saturated carbocycles. The Labute approximate surface area is 228 Å². The maximum atomic E-state index is 11.7. The minimum absolute atomic E-state index is 0.650. The van der Waals surface area contributed by atoms with Gasteiger partial charge in [0.1, 0.15) is 73.1 Å². The molecular weight excluding hydrogens is 548 g/mol. The molecule has 3 saturated heterocycles. The number of aliphatic hydroxyl groups is 9. The fourth-order valence-corrected chi connectivity index (χ4v) is 4.86. The third kappa shape index (κ3) is 7.05. The number of hydrogen-bond acceptors (Lipinski definition) is 16. The zero-order valence-electron chi connectivity index (χ0n) is 21.7. The number of hydrogen-bond donors (Lipinski definition) is 11. The van der Waals surface area contributed by atoms with Crippen LogP contribution >= 0.6 is 0 Å². The summed E-state index contributed by atoms with van der Waals surface area (Å²) in [5, 5.41) is 97.2. The van der Waals surface area contributed by atoms with Gasteiger partial charge in [0.2, 0.25) is 11.8 Å². The summed E-state index contributed by atoms with van der Waals surface area (Å²) in [6.45, 7) is -0.135. The van der Waals surface area contributed by atoms with E-state index < -0.39 is 124 Å². The number of aliphatic hydroxyl groups excluding tert-OH is 9. The minimum Gasteiger partial charge on any atom is -0.394 e. The zero-order chi connectivity index (χ0) is 29.9. The van der Waals surface area contributed by atoms with Crippen molar-refractivity contribution in [1.82, 2.24) is 10.6 Å². The lowest BCUT2D eigenvalue weighted by Gasteiger charge is -2.49. The number of carbonyl (C=O) groups excluding carboxylic acids is 2. The van der Waals surface area contributed by atoms with E-state index in [2.05, 4.69) is 10.6 Å². The SMILES string of the molecule is CC(=O)N[C@@H]1[C@@H](O[C@@H]2O[C@H](CO)[C@H](O)[C@H](O[C@@H]3O[C@H](CO)[C@@H](O)[C@H](O)[C@H]3NC(C)=O)[C@H]2O)[C@H](O)[C@@H](CO)O[C@@H]1O. The average Bonchev–Trinajstić information content (AvgIpc) is 2.90. The van der Waals surface area contributed by atoms with Crippen LogP contribution in [-0.4, -0.2) is 170 Å². The second kappa shape index (κ2) is 14.0. The summed E-state index contributed by atoms with van der Waals surface area (Å²) < 4.78 is 27.5. The molecule has 232 valence electrons. The summed E-state index contributed by atoms with van der Waals surface area (Å²) >= 11 is 0. The fraction of sp³-hybridized carbons (Fsp3) is 0.909. The highest BCUT2D eigenvalue weighted by molar-refractivity contribution is 5.73. The highest BCUT2D eigenvalue weighted by Gasteiger charge is 2.54. The molecule has 15 atom stereocenters. The first-order valence-electron chi connectivity index (χ1n) is 12.6.